The van der Waals surface area contributed by atoms with Crippen molar-refractivity contribution in [2.24, 2.45) is 0 Å². The molecule has 0 radical (unpaired) electrons. The molecule has 0 aliphatic carbocycles. The summed E-state index contributed by atoms with van der Waals surface area (Å²) in [4.78, 5) is 0.232. The zero-order valence-corrected chi connectivity index (χ0v) is 12.0. The Balaban J connectivity index is 2.19. The Labute approximate surface area is 116 Å². The van der Waals surface area contributed by atoms with Crippen LogP contribution in [0.3, 0.4) is 0 Å². The SMILES string of the molecule is CCc1ccccc1C(Br)Cc1cccc(F)c1. The number of alkyl halides is 1. The smallest absolute Gasteiger partial charge is 0.123 e. The van der Waals surface area contributed by atoms with E-state index >= 15 is 0 Å². The predicted molar refractivity (Wildman–Crippen MR) is 77.6 cm³/mol. The van der Waals surface area contributed by atoms with Gasteiger partial charge in [0.25, 0.3) is 0 Å². The number of halogens is 2. The van der Waals surface area contributed by atoms with E-state index in [4.69, 9.17) is 0 Å². The van der Waals surface area contributed by atoms with Gasteiger partial charge in [0.05, 0.1) is 0 Å². The number of rotatable bonds is 4. The van der Waals surface area contributed by atoms with E-state index in [0.717, 1.165) is 18.4 Å². The summed E-state index contributed by atoms with van der Waals surface area (Å²) in [6, 6.07) is 15.2. The van der Waals surface area contributed by atoms with Gasteiger partial charge in [0, 0.05) is 4.83 Å². The standard InChI is InChI=1S/C16H16BrF/c1-2-13-7-3-4-9-15(13)16(17)11-12-6-5-8-14(18)10-12/h3-10,16H,2,11H2,1H3. The van der Waals surface area contributed by atoms with Crippen molar-refractivity contribution < 1.29 is 4.39 Å². The van der Waals surface area contributed by atoms with Crippen LogP contribution in [0.5, 0.6) is 0 Å². The van der Waals surface area contributed by atoms with Gasteiger partial charge in [0.2, 0.25) is 0 Å². The van der Waals surface area contributed by atoms with Gasteiger partial charge in [-0.25, -0.2) is 4.39 Å². The summed E-state index contributed by atoms with van der Waals surface area (Å²) in [7, 11) is 0. The van der Waals surface area contributed by atoms with Gasteiger partial charge in [0.1, 0.15) is 5.82 Å². The van der Waals surface area contributed by atoms with Crippen LogP contribution < -0.4 is 0 Å². The molecule has 0 N–H and O–H groups in total. The molecule has 0 amide bonds. The quantitative estimate of drug-likeness (QED) is 0.692. The van der Waals surface area contributed by atoms with Crippen molar-refractivity contribution in [3.8, 4) is 0 Å². The Bertz CT molecular complexity index is 522. The highest BCUT2D eigenvalue weighted by atomic mass is 79.9. The maximum absolute atomic E-state index is 13.2. The highest BCUT2D eigenvalue weighted by Gasteiger charge is 2.11. The second-order valence-electron chi connectivity index (χ2n) is 4.35. The monoisotopic (exact) mass is 306 g/mol. The van der Waals surface area contributed by atoms with E-state index in [1.54, 1.807) is 12.1 Å². The zero-order chi connectivity index (χ0) is 13.0. The first kappa shape index (κ1) is 13.3. The predicted octanol–water partition coefficient (Wildman–Crippen LogP) is 5.07. The second kappa shape index (κ2) is 6.14. The van der Waals surface area contributed by atoms with Gasteiger partial charge in [-0.05, 0) is 41.7 Å². The topological polar surface area (TPSA) is 0 Å². The third kappa shape index (κ3) is 3.20. The largest absolute Gasteiger partial charge is 0.207 e. The van der Waals surface area contributed by atoms with Crippen molar-refractivity contribution in [2.45, 2.75) is 24.6 Å². The molecule has 0 aliphatic heterocycles. The molecular formula is C16H16BrF. The van der Waals surface area contributed by atoms with Gasteiger partial charge >= 0.3 is 0 Å². The van der Waals surface area contributed by atoms with E-state index < -0.39 is 0 Å². The lowest BCUT2D eigenvalue weighted by Crippen LogP contribution is -1.99. The Morgan fingerprint density at radius 1 is 1.11 bits per heavy atom. The summed E-state index contributed by atoms with van der Waals surface area (Å²) in [5.41, 5.74) is 3.66. The first-order chi connectivity index (χ1) is 8.70. The van der Waals surface area contributed by atoms with E-state index in [1.807, 2.05) is 12.1 Å². The van der Waals surface area contributed by atoms with Crippen molar-refractivity contribution in [3.05, 3.63) is 71.0 Å². The first-order valence-corrected chi connectivity index (χ1v) is 7.08. The molecule has 1 atom stereocenters. The van der Waals surface area contributed by atoms with E-state index in [2.05, 4.69) is 41.1 Å². The third-order valence-corrected chi connectivity index (χ3v) is 3.89. The van der Waals surface area contributed by atoms with Crippen LogP contribution in [0.1, 0.15) is 28.4 Å². The molecule has 2 aromatic rings. The van der Waals surface area contributed by atoms with Crippen LogP contribution >= 0.6 is 15.9 Å². The molecule has 0 nitrogen and oxygen atoms in total. The number of benzene rings is 2. The Morgan fingerprint density at radius 2 is 1.89 bits per heavy atom. The van der Waals surface area contributed by atoms with Crippen LogP contribution in [0.15, 0.2) is 48.5 Å². The minimum Gasteiger partial charge on any atom is -0.207 e. The van der Waals surface area contributed by atoms with Gasteiger partial charge in [-0.1, -0.05) is 59.3 Å². The third-order valence-electron chi connectivity index (χ3n) is 3.08. The maximum Gasteiger partial charge on any atom is 0.123 e. The lowest BCUT2D eigenvalue weighted by Gasteiger charge is -2.14. The van der Waals surface area contributed by atoms with E-state index in [1.165, 1.54) is 17.2 Å². The van der Waals surface area contributed by atoms with Gasteiger partial charge < -0.3 is 0 Å². The molecular weight excluding hydrogens is 291 g/mol. The van der Waals surface area contributed by atoms with E-state index in [-0.39, 0.29) is 10.6 Å². The average molecular weight is 307 g/mol. The second-order valence-corrected chi connectivity index (χ2v) is 5.46. The van der Waals surface area contributed by atoms with Crippen molar-refractivity contribution >= 4 is 15.9 Å². The number of hydrogen-bond donors (Lipinski definition) is 0. The fraction of sp³-hybridized carbons (Fsp3) is 0.250. The van der Waals surface area contributed by atoms with Crippen LogP contribution in [-0.2, 0) is 12.8 Å². The van der Waals surface area contributed by atoms with E-state index in [9.17, 15) is 4.39 Å². The summed E-state index contributed by atoms with van der Waals surface area (Å²) < 4.78 is 13.2. The minimum absolute atomic E-state index is 0.170. The van der Waals surface area contributed by atoms with Crippen LogP contribution in [0, 0.1) is 5.82 Å². The lowest BCUT2D eigenvalue weighted by molar-refractivity contribution is 0.625. The normalized spacial score (nSPS) is 12.4. The van der Waals surface area contributed by atoms with Gasteiger partial charge in [-0.3, -0.25) is 0 Å². The summed E-state index contributed by atoms with van der Waals surface area (Å²) in [6.07, 6.45) is 1.82. The molecule has 0 bridgehead atoms. The number of hydrogen-bond acceptors (Lipinski definition) is 0. The summed E-state index contributed by atoms with van der Waals surface area (Å²) in [6.45, 7) is 2.15. The molecule has 2 rings (SSSR count). The van der Waals surface area contributed by atoms with Crippen LogP contribution in [0.2, 0.25) is 0 Å². The van der Waals surface area contributed by atoms with E-state index in [0.29, 0.717) is 0 Å². The van der Waals surface area contributed by atoms with Crippen LogP contribution in [0.4, 0.5) is 4.39 Å². The van der Waals surface area contributed by atoms with Crippen molar-refractivity contribution in [2.75, 3.05) is 0 Å². The fourth-order valence-corrected chi connectivity index (χ4v) is 2.96. The molecule has 2 aromatic carbocycles. The molecule has 0 saturated heterocycles. The molecule has 0 aromatic heterocycles. The lowest BCUT2D eigenvalue weighted by atomic mass is 9.98. The Hall–Kier alpha value is -1.15. The first-order valence-electron chi connectivity index (χ1n) is 6.17. The molecule has 0 spiro atoms. The van der Waals surface area contributed by atoms with Crippen LogP contribution in [0.25, 0.3) is 0 Å². The highest BCUT2D eigenvalue weighted by molar-refractivity contribution is 9.09. The van der Waals surface area contributed by atoms with Crippen molar-refractivity contribution in [1.29, 1.82) is 0 Å². The molecule has 2 heteroatoms. The van der Waals surface area contributed by atoms with Gasteiger partial charge in [0.15, 0.2) is 0 Å². The average Bonchev–Trinajstić information content (AvgIpc) is 2.38. The Morgan fingerprint density at radius 3 is 2.61 bits per heavy atom. The molecule has 0 heterocycles. The van der Waals surface area contributed by atoms with Crippen LogP contribution in [-0.4, -0.2) is 0 Å². The zero-order valence-electron chi connectivity index (χ0n) is 10.4. The minimum atomic E-state index is -0.170. The van der Waals surface area contributed by atoms with Crippen molar-refractivity contribution in [3.63, 3.8) is 0 Å². The number of aryl methyl sites for hydroxylation is 1. The molecule has 1 unspecified atom stereocenters. The summed E-state index contributed by atoms with van der Waals surface area (Å²) in [5.74, 6) is -0.170. The fourth-order valence-electron chi connectivity index (χ4n) is 2.14. The molecule has 0 fully saturated rings. The van der Waals surface area contributed by atoms with Crippen molar-refractivity contribution in [1.82, 2.24) is 0 Å². The molecule has 94 valence electrons. The summed E-state index contributed by atoms with van der Waals surface area (Å²) in [5, 5.41) is 0. The Kier molecular flexibility index (Phi) is 4.54. The molecule has 18 heavy (non-hydrogen) atoms. The highest BCUT2D eigenvalue weighted by Crippen LogP contribution is 2.30. The molecule has 0 saturated carbocycles. The van der Waals surface area contributed by atoms with Gasteiger partial charge in [-0.2, -0.15) is 0 Å². The van der Waals surface area contributed by atoms with Gasteiger partial charge in [-0.15, -0.1) is 0 Å². The maximum atomic E-state index is 13.2. The molecule has 0 aliphatic rings. The summed E-state index contributed by atoms with van der Waals surface area (Å²) >= 11 is 3.72.